The SMILES string of the molecule is CC(C)CN(CC(O)C(Cc1ccccc1)NC(=O)C(CN(C)c1ccc(C(F)(F)F)cc1)OC=O)Sc1ccc(CO)cc1. The predicted molar refractivity (Wildman–Crippen MR) is 168 cm³/mol. The summed E-state index contributed by atoms with van der Waals surface area (Å²) in [6, 6.07) is 20.5. The summed E-state index contributed by atoms with van der Waals surface area (Å²) in [5.41, 5.74) is 1.25. The van der Waals surface area contributed by atoms with Gasteiger partial charge in [0.25, 0.3) is 12.4 Å². The minimum atomic E-state index is -4.48. The standard InChI is InChI=1S/C33H40F3N3O5S/c1-23(2)18-39(45-28-15-9-25(21-40)10-16-28)19-30(42)29(17-24-7-5-4-6-8-24)37-32(43)31(44-22-41)20-38(3)27-13-11-26(12-14-27)33(34,35)36/h4-16,22-23,29-31,40,42H,17-21H2,1-3H3,(H,37,43). The van der Waals surface area contributed by atoms with Crippen LogP contribution in [-0.4, -0.2) is 71.8 Å². The van der Waals surface area contributed by atoms with Gasteiger partial charge in [0.15, 0.2) is 6.10 Å². The Morgan fingerprint density at radius 3 is 2.16 bits per heavy atom. The number of carbonyl (C=O) groups is 2. The molecule has 3 aromatic rings. The number of alkyl halides is 3. The zero-order valence-electron chi connectivity index (χ0n) is 25.5. The van der Waals surface area contributed by atoms with Crippen LogP contribution in [0.4, 0.5) is 18.9 Å². The van der Waals surface area contributed by atoms with Crippen LogP contribution >= 0.6 is 11.9 Å². The minimum absolute atomic E-state index is 0.0603. The fourth-order valence-corrected chi connectivity index (χ4v) is 5.79. The van der Waals surface area contributed by atoms with Crippen LogP contribution in [0.2, 0.25) is 0 Å². The highest BCUT2D eigenvalue weighted by Crippen LogP contribution is 2.30. The number of hydrogen-bond donors (Lipinski definition) is 3. The zero-order valence-corrected chi connectivity index (χ0v) is 26.3. The van der Waals surface area contributed by atoms with Gasteiger partial charge in [-0.15, -0.1) is 0 Å². The molecule has 0 aliphatic rings. The maximum Gasteiger partial charge on any atom is 0.416 e. The molecule has 0 spiro atoms. The van der Waals surface area contributed by atoms with Crippen molar-refractivity contribution >= 4 is 30.0 Å². The van der Waals surface area contributed by atoms with E-state index in [0.29, 0.717) is 18.7 Å². The van der Waals surface area contributed by atoms with Crippen molar-refractivity contribution in [3.8, 4) is 0 Å². The normalized spacial score (nSPS) is 13.7. The molecule has 3 N–H and O–H groups in total. The van der Waals surface area contributed by atoms with Crippen molar-refractivity contribution in [2.24, 2.45) is 5.92 Å². The molecule has 12 heteroatoms. The van der Waals surface area contributed by atoms with E-state index in [2.05, 4.69) is 19.2 Å². The van der Waals surface area contributed by atoms with Crippen LogP contribution in [0, 0.1) is 5.92 Å². The zero-order chi connectivity index (χ0) is 33.0. The molecule has 3 unspecified atom stereocenters. The van der Waals surface area contributed by atoms with Crippen LogP contribution in [0.5, 0.6) is 0 Å². The van der Waals surface area contributed by atoms with Crippen LogP contribution in [0.3, 0.4) is 0 Å². The topological polar surface area (TPSA) is 102 Å². The van der Waals surface area contributed by atoms with Gasteiger partial charge in [0, 0.05) is 30.7 Å². The maximum absolute atomic E-state index is 13.5. The van der Waals surface area contributed by atoms with E-state index in [9.17, 15) is 33.0 Å². The molecular weight excluding hydrogens is 607 g/mol. The Morgan fingerprint density at radius 1 is 0.956 bits per heavy atom. The number of ether oxygens (including phenoxy) is 1. The molecular formula is C33H40F3N3O5S. The first-order valence-electron chi connectivity index (χ1n) is 14.5. The van der Waals surface area contributed by atoms with Crippen molar-refractivity contribution in [3.05, 3.63) is 95.6 Å². The van der Waals surface area contributed by atoms with Crippen molar-refractivity contribution in [2.45, 2.75) is 56.2 Å². The summed E-state index contributed by atoms with van der Waals surface area (Å²) in [6.07, 6.45) is -6.52. The van der Waals surface area contributed by atoms with Gasteiger partial charge in [-0.05, 0) is 71.8 Å². The van der Waals surface area contributed by atoms with E-state index in [0.717, 1.165) is 28.2 Å². The molecule has 3 rings (SSSR count). The molecule has 0 aromatic heterocycles. The van der Waals surface area contributed by atoms with E-state index < -0.39 is 35.9 Å². The lowest BCUT2D eigenvalue weighted by molar-refractivity contribution is -0.145. The highest BCUT2D eigenvalue weighted by molar-refractivity contribution is 7.97. The summed E-state index contributed by atoms with van der Waals surface area (Å²) in [5, 5.41) is 23.7. The lowest BCUT2D eigenvalue weighted by Gasteiger charge is -2.32. The lowest BCUT2D eigenvalue weighted by Crippen LogP contribution is -2.53. The molecule has 3 atom stereocenters. The number of hydrogen-bond acceptors (Lipinski definition) is 8. The molecule has 0 fully saturated rings. The quantitative estimate of drug-likeness (QED) is 0.140. The number of likely N-dealkylation sites (N-methyl/N-ethyl adjacent to an activating group) is 1. The predicted octanol–water partition coefficient (Wildman–Crippen LogP) is 4.93. The molecule has 0 bridgehead atoms. The molecule has 8 nitrogen and oxygen atoms in total. The Hall–Kier alpha value is -3.58. The van der Waals surface area contributed by atoms with Crippen LogP contribution in [-0.2, 0) is 33.5 Å². The first kappa shape index (κ1) is 35.9. The molecule has 0 aliphatic carbocycles. The second-order valence-corrected chi connectivity index (χ2v) is 12.3. The van der Waals surface area contributed by atoms with Gasteiger partial charge < -0.3 is 25.2 Å². The number of aliphatic hydroxyl groups is 2. The lowest BCUT2D eigenvalue weighted by atomic mass is 10.0. The second kappa shape index (κ2) is 17.2. The van der Waals surface area contributed by atoms with E-state index in [4.69, 9.17) is 4.74 Å². The average Bonchev–Trinajstić information content (AvgIpc) is 3.00. The monoisotopic (exact) mass is 647 g/mol. The molecule has 0 saturated carbocycles. The molecule has 0 saturated heterocycles. The molecule has 3 aromatic carbocycles. The van der Waals surface area contributed by atoms with E-state index >= 15 is 0 Å². The number of rotatable bonds is 17. The Bertz CT molecular complexity index is 1330. The van der Waals surface area contributed by atoms with Crippen LogP contribution < -0.4 is 10.2 Å². The molecule has 244 valence electrons. The minimum Gasteiger partial charge on any atom is -0.453 e. The smallest absolute Gasteiger partial charge is 0.416 e. The first-order chi connectivity index (χ1) is 21.4. The third-order valence-corrected chi connectivity index (χ3v) is 8.02. The van der Waals surface area contributed by atoms with Gasteiger partial charge >= 0.3 is 6.18 Å². The third kappa shape index (κ3) is 11.7. The Kier molecular flexibility index (Phi) is 13.7. The number of amides is 1. The van der Waals surface area contributed by atoms with Gasteiger partial charge in [-0.1, -0.05) is 56.3 Å². The number of aliphatic hydroxyl groups excluding tert-OH is 2. The van der Waals surface area contributed by atoms with Gasteiger partial charge in [-0.3, -0.25) is 9.59 Å². The molecule has 0 radical (unpaired) electrons. The summed E-state index contributed by atoms with van der Waals surface area (Å²) < 4.78 is 46.1. The number of benzene rings is 3. The van der Waals surface area contributed by atoms with Crippen LogP contribution in [0.15, 0.2) is 83.8 Å². The maximum atomic E-state index is 13.5. The summed E-state index contributed by atoms with van der Waals surface area (Å²) in [7, 11) is 1.57. The van der Waals surface area contributed by atoms with E-state index in [1.807, 2.05) is 58.9 Å². The first-order valence-corrected chi connectivity index (χ1v) is 15.3. The number of halogens is 3. The highest BCUT2D eigenvalue weighted by atomic mass is 32.2. The Labute approximate surface area is 266 Å². The molecule has 0 heterocycles. The third-order valence-electron chi connectivity index (χ3n) is 6.98. The van der Waals surface area contributed by atoms with E-state index in [1.54, 1.807) is 7.05 Å². The fourth-order valence-electron chi connectivity index (χ4n) is 4.64. The van der Waals surface area contributed by atoms with Gasteiger partial charge in [0.2, 0.25) is 0 Å². The summed E-state index contributed by atoms with van der Waals surface area (Å²) in [4.78, 5) is 27.3. The Balaban J connectivity index is 1.77. The Morgan fingerprint density at radius 2 is 1.60 bits per heavy atom. The van der Waals surface area contributed by atoms with Crippen LogP contribution in [0.1, 0.15) is 30.5 Å². The van der Waals surface area contributed by atoms with Crippen molar-refractivity contribution < 1.29 is 37.7 Å². The van der Waals surface area contributed by atoms with E-state index in [1.165, 1.54) is 29.0 Å². The van der Waals surface area contributed by atoms with Crippen molar-refractivity contribution in [3.63, 3.8) is 0 Å². The summed E-state index contributed by atoms with van der Waals surface area (Å²) in [5.74, 6) is -0.377. The van der Waals surface area contributed by atoms with Gasteiger partial charge in [-0.2, -0.15) is 13.2 Å². The van der Waals surface area contributed by atoms with Gasteiger partial charge in [0.05, 0.1) is 30.9 Å². The van der Waals surface area contributed by atoms with E-state index in [-0.39, 0.29) is 32.1 Å². The van der Waals surface area contributed by atoms with Crippen LogP contribution in [0.25, 0.3) is 0 Å². The molecule has 45 heavy (non-hydrogen) atoms. The second-order valence-electron chi connectivity index (χ2n) is 11.2. The molecule has 1 amide bonds. The number of nitrogens with one attached hydrogen (secondary N) is 1. The van der Waals surface area contributed by atoms with Crippen molar-refractivity contribution in [1.29, 1.82) is 0 Å². The van der Waals surface area contributed by atoms with Crippen molar-refractivity contribution in [1.82, 2.24) is 9.62 Å². The van der Waals surface area contributed by atoms with Gasteiger partial charge in [0.1, 0.15) is 0 Å². The number of carbonyl (C=O) groups excluding carboxylic acids is 2. The van der Waals surface area contributed by atoms with Gasteiger partial charge in [-0.25, -0.2) is 4.31 Å². The average molecular weight is 648 g/mol. The highest BCUT2D eigenvalue weighted by Gasteiger charge is 2.31. The molecule has 0 aliphatic heterocycles. The largest absolute Gasteiger partial charge is 0.453 e. The fraction of sp³-hybridized carbons (Fsp3) is 0.394. The summed E-state index contributed by atoms with van der Waals surface area (Å²) >= 11 is 1.46. The number of nitrogens with zero attached hydrogens (tertiary/aromatic N) is 2. The summed E-state index contributed by atoms with van der Waals surface area (Å²) in [6.45, 7) is 4.92. The number of anilines is 1. The van der Waals surface area contributed by atoms with Crippen molar-refractivity contribution in [2.75, 3.05) is 31.6 Å².